The average molecular weight is 268 g/mol. The van der Waals surface area contributed by atoms with E-state index in [4.69, 9.17) is 4.74 Å². The number of para-hydroxylation sites is 1. The van der Waals surface area contributed by atoms with Crippen molar-refractivity contribution >= 4 is 5.82 Å². The second-order valence-electron chi connectivity index (χ2n) is 5.61. The van der Waals surface area contributed by atoms with E-state index in [1.807, 2.05) is 31.3 Å². The van der Waals surface area contributed by atoms with Gasteiger partial charge in [-0.3, -0.25) is 0 Å². The van der Waals surface area contributed by atoms with Crippen molar-refractivity contribution < 1.29 is 4.74 Å². The first kappa shape index (κ1) is 13.0. The maximum absolute atomic E-state index is 5.84. The molecule has 1 atom stereocenters. The maximum Gasteiger partial charge on any atom is 0.127 e. The molecule has 2 aromatic rings. The Balaban J connectivity index is 1.67. The Kier molecular flexibility index (Phi) is 3.59. The van der Waals surface area contributed by atoms with Crippen molar-refractivity contribution in [1.82, 2.24) is 4.98 Å². The summed E-state index contributed by atoms with van der Waals surface area (Å²) < 4.78 is 5.84. The second kappa shape index (κ2) is 5.53. The van der Waals surface area contributed by atoms with Crippen molar-refractivity contribution in [2.45, 2.75) is 12.8 Å². The number of hydrogen-bond acceptors (Lipinski definition) is 3. The molecule has 1 aliphatic rings. The average Bonchev–Trinajstić information content (AvgIpc) is 2.48. The minimum Gasteiger partial charge on any atom is -0.493 e. The van der Waals surface area contributed by atoms with Gasteiger partial charge in [0, 0.05) is 26.2 Å². The molecular formula is C17H20N2O. The Labute approximate surface area is 120 Å². The summed E-state index contributed by atoms with van der Waals surface area (Å²) in [5.74, 6) is 2.58. The highest BCUT2D eigenvalue weighted by molar-refractivity contribution is 5.38. The quantitative estimate of drug-likeness (QED) is 0.856. The highest BCUT2D eigenvalue weighted by Crippen LogP contribution is 2.28. The number of fused-ring (bicyclic) bond motifs is 1. The number of benzene rings is 1. The van der Waals surface area contributed by atoms with Crippen LogP contribution in [0, 0.1) is 5.92 Å². The van der Waals surface area contributed by atoms with E-state index < -0.39 is 0 Å². The van der Waals surface area contributed by atoms with E-state index >= 15 is 0 Å². The van der Waals surface area contributed by atoms with Gasteiger partial charge in [-0.2, -0.15) is 0 Å². The summed E-state index contributed by atoms with van der Waals surface area (Å²) >= 11 is 0. The molecule has 3 nitrogen and oxygen atoms in total. The fourth-order valence-electron chi connectivity index (χ4n) is 2.66. The highest BCUT2D eigenvalue weighted by atomic mass is 16.5. The molecule has 0 saturated heterocycles. The van der Waals surface area contributed by atoms with E-state index in [-0.39, 0.29) is 0 Å². The number of nitrogens with zero attached hydrogens (tertiary/aromatic N) is 2. The standard InChI is InChI=1S/C17H20N2O/c1-19(2)17-8-7-13(11-18-17)9-14-10-15-5-3-4-6-16(15)20-12-14/h3-8,11,14H,9-10,12H2,1-2H3/t14-/m0/s1. The van der Waals surface area contributed by atoms with Crippen molar-refractivity contribution in [2.75, 3.05) is 25.6 Å². The molecule has 3 rings (SSSR count). The van der Waals surface area contributed by atoms with Gasteiger partial charge in [0.05, 0.1) is 6.61 Å². The van der Waals surface area contributed by atoms with Crippen LogP contribution in [0.25, 0.3) is 0 Å². The predicted octanol–water partition coefficient (Wildman–Crippen LogP) is 2.94. The molecule has 3 heteroatoms. The summed E-state index contributed by atoms with van der Waals surface area (Å²) in [5, 5.41) is 0. The Hall–Kier alpha value is -2.03. The molecule has 104 valence electrons. The highest BCUT2D eigenvalue weighted by Gasteiger charge is 2.19. The third kappa shape index (κ3) is 2.77. The lowest BCUT2D eigenvalue weighted by Crippen LogP contribution is -2.22. The van der Waals surface area contributed by atoms with Crippen LogP contribution in [0.15, 0.2) is 42.6 Å². The molecule has 20 heavy (non-hydrogen) atoms. The number of pyridine rings is 1. The number of rotatable bonds is 3. The molecule has 0 saturated carbocycles. The van der Waals surface area contributed by atoms with Crippen LogP contribution in [0.5, 0.6) is 5.75 Å². The lowest BCUT2D eigenvalue weighted by atomic mass is 9.91. The monoisotopic (exact) mass is 268 g/mol. The first-order valence-electron chi connectivity index (χ1n) is 7.05. The Bertz CT molecular complexity index is 578. The van der Waals surface area contributed by atoms with Crippen LogP contribution in [0.3, 0.4) is 0 Å². The van der Waals surface area contributed by atoms with Crippen LogP contribution >= 0.6 is 0 Å². The predicted molar refractivity (Wildman–Crippen MR) is 81.4 cm³/mol. The van der Waals surface area contributed by atoms with Crippen molar-refractivity contribution in [3.05, 3.63) is 53.7 Å². The number of ether oxygens (including phenoxy) is 1. The maximum atomic E-state index is 5.84. The van der Waals surface area contributed by atoms with E-state index in [1.165, 1.54) is 11.1 Å². The summed E-state index contributed by atoms with van der Waals surface area (Å²) in [6.45, 7) is 0.798. The molecule has 1 aromatic carbocycles. The molecular weight excluding hydrogens is 248 g/mol. The third-order valence-electron chi connectivity index (χ3n) is 3.75. The zero-order chi connectivity index (χ0) is 13.9. The fourth-order valence-corrected chi connectivity index (χ4v) is 2.66. The van der Waals surface area contributed by atoms with Crippen LogP contribution in [0.2, 0.25) is 0 Å². The molecule has 2 heterocycles. The molecule has 0 spiro atoms. The number of anilines is 1. The number of aromatic nitrogens is 1. The lowest BCUT2D eigenvalue weighted by molar-refractivity contribution is 0.221. The number of hydrogen-bond donors (Lipinski definition) is 0. The first-order valence-corrected chi connectivity index (χ1v) is 7.05. The zero-order valence-corrected chi connectivity index (χ0v) is 12.0. The normalized spacial score (nSPS) is 17.2. The summed E-state index contributed by atoms with van der Waals surface area (Å²) in [4.78, 5) is 6.49. The van der Waals surface area contributed by atoms with Gasteiger partial charge in [-0.05, 0) is 36.1 Å². The van der Waals surface area contributed by atoms with Crippen molar-refractivity contribution in [3.63, 3.8) is 0 Å². The molecule has 0 bridgehead atoms. The van der Waals surface area contributed by atoms with Crippen molar-refractivity contribution in [2.24, 2.45) is 5.92 Å². The lowest BCUT2D eigenvalue weighted by Gasteiger charge is -2.25. The molecule has 0 radical (unpaired) electrons. The van der Waals surface area contributed by atoms with Gasteiger partial charge in [-0.15, -0.1) is 0 Å². The van der Waals surface area contributed by atoms with Crippen molar-refractivity contribution in [1.29, 1.82) is 0 Å². The van der Waals surface area contributed by atoms with Crippen LogP contribution in [-0.4, -0.2) is 25.7 Å². The van der Waals surface area contributed by atoms with Gasteiger partial charge in [0.1, 0.15) is 11.6 Å². The third-order valence-corrected chi connectivity index (χ3v) is 3.75. The van der Waals surface area contributed by atoms with Gasteiger partial charge >= 0.3 is 0 Å². The van der Waals surface area contributed by atoms with Gasteiger partial charge < -0.3 is 9.64 Å². The van der Waals surface area contributed by atoms with Crippen LogP contribution in [0.1, 0.15) is 11.1 Å². The van der Waals surface area contributed by atoms with E-state index in [9.17, 15) is 0 Å². The minimum atomic E-state index is 0.539. The van der Waals surface area contributed by atoms with E-state index in [2.05, 4.69) is 35.3 Å². The van der Waals surface area contributed by atoms with E-state index in [0.717, 1.165) is 31.0 Å². The van der Waals surface area contributed by atoms with Gasteiger partial charge in [0.15, 0.2) is 0 Å². The SMILES string of the molecule is CN(C)c1ccc(C[C@@H]2COc3ccccc3C2)cn1. The molecule has 0 amide bonds. The van der Waals surface area contributed by atoms with Gasteiger partial charge in [-0.25, -0.2) is 4.98 Å². The smallest absolute Gasteiger partial charge is 0.127 e. The summed E-state index contributed by atoms with van der Waals surface area (Å²) in [6.07, 6.45) is 4.09. The molecule has 1 aliphatic heterocycles. The summed E-state index contributed by atoms with van der Waals surface area (Å²) in [5.41, 5.74) is 2.60. The van der Waals surface area contributed by atoms with E-state index in [0.29, 0.717) is 5.92 Å². The second-order valence-corrected chi connectivity index (χ2v) is 5.61. The zero-order valence-electron chi connectivity index (χ0n) is 12.0. The van der Waals surface area contributed by atoms with Gasteiger partial charge in [-0.1, -0.05) is 24.3 Å². The minimum absolute atomic E-state index is 0.539. The summed E-state index contributed by atoms with van der Waals surface area (Å²) in [6, 6.07) is 12.6. The Morgan fingerprint density at radius 2 is 2.05 bits per heavy atom. The molecule has 0 aliphatic carbocycles. The van der Waals surface area contributed by atoms with Gasteiger partial charge in [0.2, 0.25) is 0 Å². The molecule has 0 N–H and O–H groups in total. The van der Waals surface area contributed by atoms with Crippen molar-refractivity contribution in [3.8, 4) is 5.75 Å². The molecule has 0 fully saturated rings. The topological polar surface area (TPSA) is 25.4 Å². The van der Waals surface area contributed by atoms with Crippen LogP contribution in [-0.2, 0) is 12.8 Å². The Morgan fingerprint density at radius 1 is 1.20 bits per heavy atom. The fraction of sp³-hybridized carbons (Fsp3) is 0.353. The molecule has 0 unspecified atom stereocenters. The largest absolute Gasteiger partial charge is 0.493 e. The Morgan fingerprint density at radius 3 is 2.80 bits per heavy atom. The summed E-state index contributed by atoms with van der Waals surface area (Å²) in [7, 11) is 4.02. The van der Waals surface area contributed by atoms with E-state index in [1.54, 1.807) is 0 Å². The van der Waals surface area contributed by atoms with Gasteiger partial charge in [0.25, 0.3) is 0 Å². The van der Waals surface area contributed by atoms with Crippen LogP contribution in [0.4, 0.5) is 5.82 Å². The van der Waals surface area contributed by atoms with Crippen LogP contribution < -0.4 is 9.64 Å². The first-order chi connectivity index (χ1) is 9.72. The molecule has 1 aromatic heterocycles.